The molecule has 7 heteroatoms. The van der Waals surface area contributed by atoms with Crippen molar-refractivity contribution in [1.82, 2.24) is 10.2 Å². The maximum Gasteiger partial charge on any atom is 0.251 e. The zero-order valence-electron chi connectivity index (χ0n) is 13.0. The number of halogens is 2. The smallest absolute Gasteiger partial charge is 0.251 e. The molecule has 1 atom stereocenters. The van der Waals surface area contributed by atoms with Gasteiger partial charge in [-0.25, -0.2) is 0 Å². The normalized spacial score (nSPS) is 16.8. The van der Waals surface area contributed by atoms with Gasteiger partial charge in [0.25, 0.3) is 5.91 Å². The van der Waals surface area contributed by atoms with Gasteiger partial charge < -0.3 is 10.1 Å². The number of rotatable bonds is 5. The number of nitrogens with one attached hydrogen (secondary N) is 1. The molecule has 1 saturated heterocycles. The molecule has 0 aliphatic carbocycles. The Kier molecular flexibility index (Phi) is 6.14. The number of hydrogen-bond acceptors (Lipinski definition) is 4. The number of hydrogen-bond donors (Lipinski definition) is 1. The molecule has 2 heterocycles. The van der Waals surface area contributed by atoms with E-state index in [1.54, 1.807) is 29.5 Å². The van der Waals surface area contributed by atoms with E-state index in [1.165, 1.54) is 5.56 Å². The summed E-state index contributed by atoms with van der Waals surface area (Å²) in [6.45, 7) is 3.71. The molecule has 1 aromatic heterocycles. The topological polar surface area (TPSA) is 41.6 Å². The number of carbonyl (C=O) groups is 1. The van der Waals surface area contributed by atoms with Gasteiger partial charge in [0.2, 0.25) is 0 Å². The van der Waals surface area contributed by atoms with E-state index in [0.717, 1.165) is 26.3 Å². The lowest BCUT2D eigenvalue weighted by molar-refractivity contribution is 0.0163. The first-order valence-electron chi connectivity index (χ1n) is 7.72. The SMILES string of the molecule is O=C(NCC(c1ccsc1)N1CCOCC1)c1ccc(Cl)c(Cl)c1. The number of benzene rings is 1. The summed E-state index contributed by atoms with van der Waals surface area (Å²) >= 11 is 13.6. The second kappa shape index (κ2) is 8.32. The van der Waals surface area contributed by atoms with Gasteiger partial charge >= 0.3 is 0 Å². The lowest BCUT2D eigenvalue weighted by Gasteiger charge is -2.34. The van der Waals surface area contributed by atoms with Gasteiger partial charge in [0, 0.05) is 25.2 Å². The van der Waals surface area contributed by atoms with Crippen molar-refractivity contribution in [3.05, 3.63) is 56.2 Å². The first-order valence-corrected chi connectivity index (χ1v) is 9.42. The molecule has 1 aliphatic heterocycles. The third-order valence-electron chi connectivity index (χ3n) is 4.05. The predicted molar refractivity (Wildman–Crippen MR) is 98.2 cm³/mol. The minimum Gasteiger partial charge on any atom is -0.379 e. The number of carbonyl (C=O) groups excluding carboxylic acids is 1. The molecule has 24 heavy (non-hydrogen) atoms. The van der Waals surface area contributed by atoms with Crippen LogP contribution < -0.4 is 5.32 Å². The first kappa shape index (κ1) is 17.7. The fourth-order valence-electron chi connectivity index (χ4n) is 2.74. The summed E-state index contributed by atoms with van der Waals surface area (Å²) in [5, 5.41) is 8.03. The molecular formula is C17H18Cl2N2O2S. The Hall–Kier alpha value is -1.11. The van der Waals surface area contributed by atoms with Crippen LogP contribution in [0.1, 0.15) is 22.0 Å². The van der Waals surface area contributed by atoms with Crippen molar-refractivity contribution < 1.29 is 9.53 Å². The Labute approximate surface area is 155 Å². The van der Waals surface area contributed by atoms with Crippen LogP contribution in [0.5, 0.6) is 0 Å². The summed E-state index contributed by atoms with van der Waals surface area (Å²) in [6, 6.07) is 7.16. The molecule has 0 spiro atoms. The highest BCUT2D eigenvalue weighted by Crippen LogP contribution is 2.25. The van der Waals surface area contributed by atoms with E-state index in [2.05, 4.69) is 27.0 Å². The molecule has 2 aromatic rings. The summed E-state index contributed by atoms with van der Waals surface area (Å²) in [5.74, 6) is -0.151. The third kappa shape index (κ3) is 4.29. The molecule has 1 amide bonds. The van der Waals surface area contributed by atoms with Gasteiger partial charge in [-0.1, -0.05) is 23.2 Å². The fraction of sp³-hybridized carbons (Fsp3) is 0.353. The first-order chi connectivity index (χ1) is 11.6. The zero-order valence-corrected chi connectivity index (χ0v) is 15.3. The average molecular weight is 385 g/mol. The van der Waals surface area contributed by atoms with Crippen molar-refractivity contribution in [2.24, 2.45) is 0 Å². The highest BCUT2D eigenvalue weighted by atomic mass is 35.5. The standard InChI is InChI=1S/C17H18Cl2N2O2S/c18-14-2-1-12(9-15(14)19)17(22)20-10-16(13-3-8-24-11-13)21-4-6-23-7-5-21/h1-3,8-9,11,16H,4-7,10H2,(H,20,22). The van der Waals surface area contributed by atoms with Crippen LogP contribution in [0.25, 0.3) is 0 Å². The number of ether oxygens (including phenoxy) is 1. The van der Waals surface area contributed by atoms with Crippen molar-refractivity contribution in [2.45, 2.75) is 6.04 Å². The largest absolute Gasteiger partial charge is 0.379 e. The van der Waals surface area contributed by atoms with Crippen molar-refractivity contribution in [3.8, 4) is 0 Å². The number of nitrogens with zero attached hydrogens (tertiary/aromatic N) is 1. The molecule has 1 aliphatic rings. The monoisotopic (exact) mass is 384 g/mol. The zero-order chi connectivity index (χ0) is 16.9. The Morgan fingerprint density at radius 2 is 2.04 bits per heavy atom. The van der Waals surface area contributed by atoms with Gasteiger partial charge in [0.15, 0.2) is 0 Å². The molecular weight excluding hydrogens is 367 g/mol. The van der Waals surface area contributed by atoms with Crippen LogP contribution in [0, 0.1) is 0 Å². The lowest BCUT2D eigenvalue weighted by Crippen LogP contribution is -2.43. The van der Waals surface area contributed by atoms with E-state index >= 15 is 0 Å². The third-order valence-corrected chi connectivity index (χ3v) is 5.49. The second-order valence-electron chi connectivity index (χ2n) is 5.56. The second-order valence-corrected chi connectivity index (χ2v) is 7.15. The number of morpholine rings is 1. The quantitative estimate of drug-likeness (QED) is 0.850. The van der Waals surface area contributed by atoms with Crippen molar-refractivity contribution >= 4 is 40.4 Å². The van der Waals surface area contributed by atoms with Crippen LogP contribution >= 0.6 is 34.5 Å². The molecule has 1 unspecified atom stereocenters. The molecule has 0 bridgehead atoms. The van der Waals surface area contributed by atoms with E-state index in [1.807, 2.05) is 0 Å². The van der Waals surface area contributed by atoms with Crippen LogP contribution in [0.3, 0.4) is 0 Å². The van der Waals surface area contributed by atoms with Gasteiger partial charge in [-0.2, -0.15) is 11.3 Å². The van der Waals surface area contributed by atoms with Gasteiger partial charge in [-0.15, -0.1) is 0 Å². The van der Waals surface area contributed by atoms with E-state index in [9.17, 15) is 4.79 Å². The van der Waals surface area contributed by atoms with Crippen LogP contribution in [0.4, 0.5) is 0 Å². The summed E-state index contributed by atoms with van der Waals surface area (Å²) in [7, 11) is 0. The highest BCUT2D eigenvalue weighted by Gasteiger charge is 2.23. The highest BCUT2D eigenvalue weighted by molar-refractivity contribution is 7.08. The molecule has 1 fully saturated rings. The number of amides is 1. The Morgan fingerprint density at radius 3 is 2.71 bits per heavy atom. The Bertz CT molecular complexity index is 688. The summed E-state index contributed by atoms with van der Waals surface area (Å²) in [6.07, 6.45) is 0. The van der Waals surface area contributed by atoms with Gasteiger partial charge in [-0.05, 0) is 40.6 Å². The Balaban J connectivity index is 1.68. The molecule has 1 aromatic carbocycles. The van der Waals surface area contributed by atoms with Crippen molar-refractivity contribution in [2.75, 3.05) is 32.8 Å². The lowest BCUT2D eigenvalue weighted by atomic mass is 10.1. The van der Waals surface area contributed by atoms with Gasteiger partial charge in [-0.3, -0.25) is 9.69 Å². The fourth-order valence-corrected chi connectivity index (χ4v) is 3.75. The molecule has 4 nitrogen and oxygen atoms in total. The molecule has 1 N–H and O–H groups in total. The maximum absolute atomic E-state index is 12.4. The average Bonchev–Trinajstić information content (AvgIpc) is 3.12. The molecule has 3 rings (SSSR count). The summed E-state index contributed by atoms with van der Waals surface area (Å²) in [4.78, 5) is 14.8. The van der Waals surface area contributed by atoms with Crippen LogP contribution in [-0.4, -0.2) is 43.7 Å². The van der Waals surface area contributed by atoms with Crippen molar-refractivity contribution in [1.29, 1.82) is 0 Å². The van der Waals surface area contributed by atoms with E-state index in [0.29, 0.717) is 22.2 Å². The van der Waals surface area contributed by atoms with Gasteiger partial charge in [0.1, 0.15) is 0 Å². The minimum atomic E-state index is -0.151. The summed E-state index contributed by atoms with van der Waals surface area (Å²) in [5.41, 5.74) is 1.73. The number of thiophene rings is 1. The van der Waals surface area contributed by atoms with Gasteiger partial charge in [0.05, 0.1) is 29.3 Å². The molecule has 0 saturated carbocycles. The van der Waals surface area contributed by atoms with Crippen LogP contribution in [-0.2, 0) is 4.74 Å². The Morgan fingerprint density at radius 1 is 1.25 bits per heavy atom. The van der Waals surface area contributed by atoms with Crippen molar-refractivity contribution in [3.63, 3.8) is 0 Å². The van der Waals surface area contributed by atoms with E-state index in [4.69, 9.17) is 27.9 Å². The predicted octanol–water partition coefficient (Wildman–Crippen LogP) is 3.86. The molecule has 0 radical (unpaired) electrons. The van der Waals surface area contributed by atoms with E-state index < -0.39 is 0 Å². The maximum atomic E-state index is 12.4. The van der Waals surface area contributed by atoms with Crippen LogP contribution in [0.15, 0.2) is 35.0 Å². The summed E-state index contributed by atoms with van der Waals surface area (Å²) < 4.78 is 5.43. The minimum absolute atomic E-state index is 0.145. The van der Waals surface area contributed by atoms with E-state index in [-0.39, 0.29) is 11.9 Å². The molecule has 128 valence electrons. The van der Waals surface area contributed by atoms with Crippen LogP contribution in [0.2, 0.25) is 10.0 Å².